The lowest BCUT2D eigenvalue weighted by atomic mass is 10.0. The van der Waals surface area contributed by atoms with E-state index in [1.807, 2.05) is 31.2 Å². The number of nitrogens with one attached hydrogen (secondary N) is 2. The predicted octanol–water partition coefficient (Wildman–Crippen LogP) is 2.91. The van der Waals surface area contributed by atoms with Crippen molar-refractivity contribution in [3.63, 3.8) is 0 Å². The highest BCUT2D eigenvalue weighted by Crippen LogP contribution is 2.32. The van der Waals surface area contributed by atoms with Crippen LogP contribution in [0.3, 0.4) is 0 Å². The van der Waals surface area contributed by atoms with E-state index in [9.17, 15) is 9.59 Å². The highest BCUT2D eigenvalue weighted by Gasteiger charge is 2.19. The second-order valence-electron chi connectivity index (χ2n) is 5.88. The molecule has 0 atom stereocenters. The number of ether oxygens (including phenoxy) is 2. The summed E-state index contributed by atoms with van der Waals surface area (Å²) in [7, 11) is 1.55. The van der Waals surface area contributed by atoms with Crippen LogP contribution in [0, 0.1) is 6.92 Å². The number of fused-ring (bicyclic) bond motifs is 1. The minimum absolute atomic E-state index is 0.0440. The van der Waals surface area contributed by atoms with E-state index in [1.54, 1.807) is 19.2 Å². The van der Waals surface area contributed by atoms with Crippen molar-refractivity contribution in [2.24, 2.45) is 0 Å². The van der Waals surface area contributed by atoms with E-state index >= 15 is 0 Å². The Morgan fingerprint density at radius 2 is 2.04 bits per heavy atom. The van der Waals surface area contributed by atoms with E-state index in [-0.39, 0.29) is 18.4 Å². The second-order valence-corrected chi connectivity index (χ2v) is 5.88. The largest absolute Gasteiger partial charge is 0.495 e. The quantitative estimate of drug-likeness (QED) is 0.877. The molecule has 0 aliphatic carbocycles. The van der Waals surface area contributed by atoms with E-state index in [4.69, 9.17) is 9.47 Å². The third kappa shape index (κ3) is 3.91. The standard InChI is InChI=1S/C19H20N2O4/c1-12-6-8-15(24-2)14(10-12)20-18(23)11-25-16-5-3-4-13-7-9-17(22)21-19(13)16/h3-6,8,10H,7,9,11H2,1-2H3,(H,20,23)(H,21,22). The van der Waals surface area contributed by atoms with Crippen LogP contribution in [0.5, 0.6) is 11.5 Å². The first-order chi connectivity index (χ1) is 12.1. The molecule has 6 heteroatoms. The molecule has 25 heavy (non-hydrogen) atoms. The van der Waals surface area contributed by atoms with Gasteiger partial charge in [0.2, 0.25) is 5.91 Å². The highest BCUT2D eigenvalue weighted by atomic mass is 16.5. The minimum Gasteiger partial charge on any atom is -0.495 e. The molecule has 1 aliphatic rings. The van der Waals surface area contributed by atoms with Crippen molar-refractivity contribution >= 4 is 23.2 Å². The zero-order valence-electron chi connectivity index (χ0n) is 14.2. The molecular formula is C19H20N2O4. The van der Waals surface area contributed by atoms with Gasteiger partial charge in [-0.05, 0) is 42.7 Å². The number of methoxy groups -OCH3 is 1. The van der Waals surface area contributed by atoms with Crippen LogP contribution < -0.4 is 20.1 Å². The van der Waals surface area contributed by atoms with Crippen LogP contribution >= 0.6 is 0 Å². The number of rotatable bonds is 5. The summed E-state index contributed by atoms with van der Waals surface area (Å²) in [6, 6.07) is 11.1. The molecule has 0 saturated carbocycles. The van der Waals surface area contributed by atoms with Crippen LogP contribution in [0.2, 0.25) is 0 Å². The van der Waals surface area contributed by atoms with Crippen molar-refractivity contribution in [1.82, 2.24) is 0 Å². The van der Waals surface area contributed by atoms with Crippen LogP contribution in [-0.4, -0.2) is 25.5 Å². The van der Waals surface area contributed by atoms with Gasteiger partial charge in [-0.2, -0.15) is 0 Å². The van der Waals surface area contributed by atoms with Gasteiger partial charge in [0.1, 0.15) is 11.5 Å². The number of hydrogen-bond acceptors (Lipinski definition) is 4. The Morgan fingerprint density at radius 3 is 2.84 bits per heavy atom. The molecule has 0 spiro atoms. The van der Waals surface area contributed by atoms with Gasteiger partial charge in [0, 0.05) is 6.42 Å². The zero-order chi connectivity index (χ0) is 17.8. The van der Waals surface area contributed by atoms with Crippen molar-refractivity contribution in [2.75, 3.05) is 24.4 Å². The van der Waals surface area contributed by atoms with Gasteiger partial charge < -0.3 is 20.1 Å². The van der Waals surface area contributed by atoms with Crippen molar-refractivity contribution in [2.45, 2.75) is 19.8 Å². The molecular weight excluding hydrogens is 320 g/mol. The molecule has 1 aliphatic heterocycles. The number of carbonyl (C=O) groups excluding carboxylic acids is 2. The first-order valence-electron chi connectivity index (χ1n) is 8.06. The maximum atomic E-state index is 12.2. The van der Waals surface area contributed by atoms with Gasteiger partial charge in [-0.3, -0.25) is 9.59 Å². The van der Waals surface area contributed by atoms with Crippen molar-refractivity contribution < 1.29 is 19.1 Å². The van der Waals surface area contributed by atoms with Gasteiger partial charge >= 0.3 is 0 Å². The maximum absolute atomic E-state index is 12.2. The highest BCUT2D eigenvalue weighted by molar-refractivity contribution is 5.96. The Labute approximate surface area is 146 Å². The van der Waals surface area contributed by atoms with E-state index in [2.05, 4.69) is 10.6 Å². The fourth-order valence-corrected chi connectivity index (χ4v) is 2.75. The maximum Gasteiger partial charge on any atom is 0.262 e. The van der Waals surface area contributed by atoms with E-state index < -0.39 is 0 Å². The van der Waals surface area contributed by atoms with Gasteiger partial charge in [-0.25, -0.2) is 0 Å². The molecule has 6 nitrogen and oxygen atoms in total. The smallest absolute Gasteiger partial charge is 0.262 e. The summed E-state index contributed by atoms with van der Waals surface area (Å²) in [4.78, 5) is 23.8. The average Bonchev–Trinajstić information content (AvgIpc) is 2.60. The normalized spacial score (nSPS) is 12.8. The second kappa shape index (κ2) is 7.25. The number of hydrogen-bond donors (Lipinski definition) is 2. The fraction of sp³-hybridized carbons (Fsp3) is 0.263. The number of aryl methyl sites for hydroxylation is 2. The van der Waals surface area contributed by atoms with Gasteiger partial charge in [-0.1, -0.05) is 18.2 Å². The van der Waals surface area contributed by atoms with Crippen LogP contribution in [0.4, 0.5) is 11.4 Å². The Balaban J connectivity index is 1.68. The first-order valence-corrected chi connectivity index (χ1v) is 8.06. The van der Waals surface area contributed by atoms with Gasteiger partial charge in [0.25, 0.3) is 5.91 Å². The van der Waals surface area contributed by atoms with Gasteiger partial charge in [0.05, 0.1) is 18.5 Å². The number of benzene rings is 2. The summed E-state index contributed by atoms with van der Waals surface area (Å²) < 4.78 is 10.9. The molecule has 0 saturated heterocycles. The summed E-state index contributed by atoms with van der Waals surface area (Å²) in [5.74, 6) is 0.737. The number of para-hydroxylation sites is 1. The number of anilines is 2. The molecule has 2 aromatic carbocycles. The molecule has 0 unspecified atom stereocenters. The Kier molecular flexibility index (Phi) is 4.88. The van der Waals surface area contributed by atoms with Gasteiger partial charge in [0.15, 0.2) is 6.61 Å². The summed E-state index contributed by atoms with van der Waals surface area (Å²) in [5.41, 5.74) is 3.27. The Bertz CT molecular complexity index is 817. The molecule has 0 bridgehead atoms. The number of carbonyl (C=O) groups is 2. The first kappa shape index (κ1) is 16.8. The van der Waals surface area contributed by atoms with Crippen molar-refractivity contribution in [3.05, 3.63) is 47.5 Å². The number of amides is 2. The fourth-order valence-electron chi connectivity index (χ4n) is 2.75. The monoisotopic (exact) mass is 340 g/mol. The molecule has 130 valence electrons. The molecule has 0 fully saturated rings. The Morgan fingerprint density at radius 1 is 1.20 bits per heavy atom. The summed E-state index contributed by atoms with van der Waals surface area (Å²) in [5, 5.41) is 5.60. The molecule has 2 amide bonds. The lowest BCUT2D eigenvalue weighted by Gasteiger charge is -2.20. The zero-order valence-corrected chi connectivity index (χ0v) is 14.2. The van der Waals surface area contributed by atoms with Crippen LogP contribution in [0.25, 0.3) is 0 Å². The van der Waals surface area contributed by atoms with Crippen LogP contribution in [0.1, 0.15) is 17.5 Å². The summed E-state index contributed by atoms with van der Waals surface area (Å²) in [6.45, 7) is 1.77. The molecule has 2 N–H and O–H groups in total. The third-order valence-electron chi connectivity index (χ3n) is 3.99. The summed E-state index contributed by atoms with van der Waals surface area (Å²) >= 11 is 0. The minimum atomic E-state index is -0.302. The third-order valence-corrected chi connectivity index (χ3v) is 3.99. The van der Waals surface area contributed by atoms with E-state index in [1.165, 1.54) is 0 Å². The lowest BCUT2D eigenvalue weighted by Crippen LogP contribution is -2.23. The van der Waals surface area contributed by atoms with Gasteiger partial charge in [-0.15, -0.1) is 0 Å². The van der Waals surface area contributed by atoms with Crippen LogP contribution in [-0.2, 0) is 16.0 Å². The molecule has 3 rings (SSSR count). The molecule has 0 aromatic heterocycles. The lowest BCUT2D eigenvalue weighted by molar-refractivity contribution is -0.118. The predicted molar refractivity (Wildman–Crippen MR) is 95.2 cm³/mol. The topological polar surface area (TPSA) is 76.7 Å². The van der Waals surface area contributed by atoms with E-state index in [0.717, 1.165) is 11.1 Å². The summed E-state index contributed by atoms with van der Waals surface area (Å²) in [6.07, 6.45) is 1.13. The van der Waals surface area contributed by atoms with E-state index in [0.29, 0.717) is 35.7 Å². The van der Waals surface area contributed by atoms with Crippen LogP contribution in [0.15, 0.2) is 36.4 Å². The van der Waals surface area contributed by atoms with Crippen molar-refractivity contribution in [3.8, 4) is 11.5 Å². The van der Waals surface area contributed by atoms with Crippen molar-refractivity contribution in [1.29, 1.82) is 0 Å². The average molecular weight is 340 g/mol. The Hall–Kier alpha value is -3.02. The molecule has 1 heterocycles. The molecule has 2 aromatic rings. The SMILES string of the molecule is COc1ccc(C)cc1NC(=O)COc1cccc2c1NC(=O)CC2. The molecule has 0 radical (unpaired) electrons.